The van der Waals surface area contributed by atoms with Crippen LogP contribution in [0.1, 0.15) is 34.6 Å². The summed E-state index contributed by atoms with van der Waals surface area (Å²) in [6.45, 7) is 2.21. The third kappa shape index (κ3) is 4.37. The van der Waals surface area contributed by atoms with Gasteiger partial charge in [0.1, 0.15) is 5.69 Å². The number of nitrogens with two attached hydrogens (primary N) is 1. The second-order valence-electron chi connectivity index (χ2n) is 6.80. The third-order valence-corrected chi connectivity index (χ3v) is 4.68. The van der Waals surface area contributed by atoms with Gasteiger partial charge in [0.25, 0.3) is 11.6 Å². The Balaban J connectivity index is 1.58. The molecule has 1 fully saturated rings. The molecular weight excluding hydrogens is 408 g/mol. The van der Waals surface area contributed by atoms with Gasteiger partial charge < -0.3 is 5.73 Å². The zero-order valence-corrected chi connectivity index (χ0v) is 16.2. The van der Waals surface area contributed by atoms with Crippen LogP contribution in [0.3, 0.4) is 0 Å². The SMILES string of the molecule is Nc1nonc1-n1nnc(CN2CCCC2)c1C(=O)N/N=C/c1cccc([N+](=O)[O-])c1. The molecule has 0 saturated carbocycles. The molecule has 1 saturated heterocycles. The number of likely N-dealkylation sites (tertiary alicyclic amines) is 1. The Labute approximate surface area is 174 Å². The Hall–Kier alpha value is -4.20. The summed E-state index contributed by atoms with van der Waals surface area (Å²) in [6.07, 6.45) is 3.44. The fourth-order valence-corrected chi connectivity index (χ4v) is 3.22. The van der Waals surface area contributed by atoms with Gasteiger partial charge in [-0.25, -0.2) is 10.1 Å². The highest BCUT2D eigenvalue weighted by Gasteiger charge is 2.26. The first kappa shape index (κ1) is 20.1. The maximum atomic E-state index is 12.9. The van der Waals surface area contributed by atoms with E-state index in [1.165, 1.54) is 24.4 Å². The number of benzene rings is 1. The van der Waals surface area contributed by atoms with Crippen LogP contribution in [-0.4, -0.2) is 60.3 Å². The first-order valence-corrected chi connectivity index (χ1v) is 9.36. The molecule has 1 aliphatic heterocycles. The fraction of sp³-hybridized carbons (Fsp3) is 0.294. The smallest absolute Gasteiger partial charge is 0.292 e. The number of hydrogen-bond acceptors (Lipinski definition) is 11. The van der Waals surface area contributed by atoms with Gasteiger partial charge in [-0.3, -0.25) is 19.8 Å². The van der Waals surface area contributed by atoms with Crippen LogP contribution >= 0.6 is 0 Å². The predicted molar refractivity (Wildman–Crippen MR) is 106 cm³/mol. The van der Waals surface area contributed by atoms with Crippen molar-refractivity contribution in [1.82, 2.24) is 35.6 Å². The Kier molecular flexibility index (Phi) is 5.61. The molecule has 14 heteroatoms. The van der Waals surface area contributed by atoms with Crippen molar-refractivity contribution >= 4 is 23.6 Å². The van der Waals surface area contributed by atoms with E-state index in [0.29, 0.717) is 17.8 Å². The standard InChI is InChI=1S/C17H18N10O4/c18-15-16(23-31-22-15)26-14(13(20-24-26)10-25-6-1-2-7-25)17(28)21-19-9-11-4-3-5-12(8-11)27(29)30/h3-5,8-9H,1-2,6-7,10H2,(H2,18,22)(H,21,28)/b19-9+. The number of carbonyl (C=O) groups is 1. The molecule has 0 aliphatic carbocycles. The van der Waals surface area contributed by atoms with Gasteiger partial charge in [0.15, 0.2) is 5.69 Å². The van der Waals surface area contributed by atoms with E-state index in [1.807, 2.05) is 0 Å². The van der Waals surface area contributed by atoms with E-state index < -0.39 is 10.8 Å². The lowest BCUT2D eigenvalue weighted by atomic mass is 10.2. The second kappa shape index (κ2) is 8.66. The van der Waals surface area contributed by atoms with Crippen molar-refractivity contribution in [3.8, 4) is 5.82 Å². The zero-order valence-electron chi connectivity index (χ0n) is 16.2. The van der Waals surface area contributed by atoms with E-state index >= 15 is 0 Å². The van der Waals surface area contributed by atoms with Crippen LogP contribution in [0, 0.1) is 10.1 Å². The van der Waals surface area contributed by atoms with Gasteiger partial charge in [-0.15, -0.1) is 5.10 Å². The Morgan fingerprint density at radius 2 is 2.16 bits per heavy atom. The minimum Gasteiger partial charge on any atom is -0.378 e. The summed E-state index contributed by atoms with van der Waals surface area (Å²) in [4.78, 5) is 25.5. The van der Waals surface area contributed by atoms with Gasteiger partial charge in [0.05, 0.1) is 11.1 Å². The van der Waals surface area contributed by atoms with Crippen LogP contribution < -0.4 is 11.2 Å². The summed E-state index contributed by atoms with van der Waals surface area (Å²) in [5, 5.41) is 30.1. The maximum Gasteiger partial charge on any atom is 0.292 e. The molecular formula is C17H18N10O4. The Morgan fingerprint density at radius 1 is 1.35 bits per heavy atom. The summed E-state index contributed by atoms with van der Waals surface area (Å²) in [7, 11) is 0. The van der Waals surface area contributed by atoms with E-state index in [9.17, 15) is 14.9 Å². The van der Waals surface area contributed by atoms with Crippen molar-refractivity contribution in [3.63, 3.8) is 0 Å². The van der Waals surface area contributed by atoms with Gasteiger partial charge in [0.2, 0.25) is 11.6 Å². The molecule has 1 aliphatic rings. The molecule has 0 bridgehead atoms. The van der Waals surface area contributed by atoms with E-state index in [2.05, 4.69) is 40.7 Å². The number of anilines is 1. The van der Waals surface area contributed by atoms with Crippen LogP contribution in [0.2, 0.25) is 0 Å². The molecule has 3 aromatic rings. The molecule has 2 aromatic heterocycles. The highest BCUT2D eigenvalue weighted by atomic mass is 16.6. The van der Waals surface area contributed by atoms with E-state index in [4.69, 9.17) is 5.73 Å². The first-order valence-electron chi connectivity index (χ1n) is 9.36. The number of amides is 1. The number of nitrogens with zero attached hydrogens (tertiary/aromatic N) is 8. The molecule has 14 nitrogen and oxygen atoms in total. The normalized spacial score (nSPS) is 14.3. The minimum atomic E-state index is -0.608. The van der Waals surface area contributed by atoms with Crippen molar-refractivity contribution in [3.05, 3.63) is 51.3 Å². The van der Waals surface area contributed by atoms with E-state index in [1.54, 1.807) is 6.07 Å². The monoisotopic (exact) mass is 426 g/mol. The first-order chi connectivity index (χ1) is 15.0. The van der Waals surface area contributed by atoms with Crippen molar-refractivity contribution in [1.29, 1.82) is 0 Å². The summed E-state index contributed by atoms with van der Waals surface area (Å²) >= 11 is 0. The summed E-state index contributed by atoms with van der Waals surface area (Å²) in [6, 6.07) is 5.84. The topological polar surface area (TPSA) is 183 Å². The van der Waals surface area contributed by atoms with E-state index in [-0.39, 0.29) is 23.0 Å². The molecule has 3 N–H and O–H groups in total. The van der Waals surface area contributed by atoms with Crippen molar-refractivity contribution in [2.45, 2.75) is 19.4 Å². The molecule has 4 rings (SSSR count). The van der Waals surface area contributed by atoms with Gasteiger partial charge in [-0.2, -0.15) is 9.78 Å². The molecule has 3 heterocycles. The highest BCUT2D eigenvalue weighted by Crippen LogP contribution is 2.19. The minimum absolute atomic E-state index is 0.0352. The van der Waals surface area contributed by atoms with Crippen LogP contribution in [0.25, 0.3) is 5.82 Å². The van der Waals surface area contributed by atoms with Crippen molar-refractivity contribution in [2.24, 2.45) is 5.10 Å². The zero-order chi connectivity index (χ0) is 21.8. The number of hydrazone groups is 1. The molecule has 1 aromatic carbocycles. The summed E-state index contributed by atoms with van der Waals surface area (Å²) in [5.41, 5.74) is 9.01. The van der Waals surface area contributed by atoms with Gasteiger partial charge in [0, 0.05) is 24.2 Å². The Bertz CT molecular complexity index is 1130. The lowest BCUT2D eigenvalue weighted by molar-refractivity contribution is -0.384. The maximum absolute atomic E-state index is 12.9. The third-order valence-electron chi connectivity index (χ3n) is 4.68. The highest BCUT2D eigenvalue weighted by molar-refractivity contribution is 5.95. The molecule has 0 spiro atoms. The number of hydrogen-bond donors (Lipinski definition) is 2. The number of carbonyl (C=O) groups excluding carboxylic acids is 1. The molecule has 160 valence electrons. The summed E-state index contributed by atoms with van der Waals surface area (Å²) in [5.74, 6) is -0.622. The van der Waals surface area contributed by atoms with Crippen LogP contribution in [0.5, 0.6) is 0 Å². The molecule has 1 amide bonds. The van der Waals surface area contributed by atoms with Crippen molar-refractivity contribution < 1.29 is 14.3 Å². The lowest BCUT2D eigenvalue weighted by Gasteiger charge is -2.13. The average molecular weight is 426 g/mol. The van der Waals surface area contributed by atoms with E-state index in [0.717, 1.165) is 30.6 Å². The van der Waals surface area contributed by atoms with Crippen LogP contribution in [0.15, 0.2) is 34.0 Å². The van der Waals surface area contributed by atoms with Crippen LogP contribution in [0.4, 0.5) is 11.5 Å². The number of nitro benzene ring substituents is 1. The van der Waals surface area contributed by atoms with Crippen molar-refractivity contribution in [2.75, 3.05) is 18.8 Å². The number of aromatic nitrogens is 5. The largest absolute Gasteiger partial charge is 0.378 e. The molecule has 0 unspecified atom stereocenters. The average Bonchev–Trinajstić information content (AvgIpc) is 3.50. The quantitative estimate of drug-likeness (QED) is 0.306. The lowest BCUT2D eigenvalue weighted by Crippen LogP contribution is -2.26. The number of nitrogen functional groups attached to an aromatic ring is 1. The van der Waals surface area contributed by atoms with Gasteiger partial charge >= 0.3 is 0 Å². The molecule has 31 heavy (non-hydrogen) atoms. The number of rotatable bonds is 7. The predicted octanol–water partition coefficient (Wildman–Crippen LogP) is 0.500. The number of non-ortho nitro benzene ring substituents is 1. The summed E-state index contributed by atoms with van der Waals surface area (Å²) < 4.78 is 5.75. The molecule has 0 atom stereocenters. The molecule has 0 radical (unpaired) electrons. The fourth-order valence-electron chi connectivity index (χ4n) is 3.22. The van der Waals surface area contributed by atoms with Gasteiger partial charge in [-0.1, -0.05) is 17.3 Å². The Morgan fingerprint density at radius 3 is 2.87 bits per heavy atom. The second-order valence-corrected chi connectivity index (χ2v) is 6.80. The number of nitrogens with one attached hydrogen (secondary N) is 1. The van der Waals surface area contributed by atoms with Crippen LogP contribution in [-0.2, 0) is 6.54 Å². The number of nitro groups is 1. The van der Waals surface area contributed by atoms with Gasteiger partial charge in [-0.05, 0) is 36.2 Å².